The number of nitrogens with zero attached hydrogens (tertiary/aromatic N) is 1. The van der Waals surface area contributed by atoms with Crippen LogP contribution in [0.4, 0.5) is 0 Å². The molecular formula is C14H11NOS2. The Balaban J connectivity index is 1.75. The van der Waals surface area contributed by atoms with Gasteiger partial charge in [0.25, 0.3) is 0 Å². The molecule has 1 aromatic rings. The summed E-state index contributed by atoms with van der Waals surface area (Å²) in [5, 5.41) is 3.18. The van der Waals surface area contributed by atoms with Gasteiger partial charge < -0.3 is 4.90 Å². The van der Waals surface area contributed by atoms with Crippen LogP contribution < -0.4 is 0 Å². The molecule has 0 aromatic heterocycles. The summed E-state index contributed by atoms with van der Waals surface area (Å²) in [5.41, 5.74) is 0.782. The molecule has 0 fully saturated rings. The van der Waals surface area contributed by atoms with Crippen molar-refractivity contribution in [1.29, 1.82) is 0 Å². The highest BCUT2D eigenvalue weighted by atomic mass is 32.2. The zero-order chi connectivity index (χ0) is 12.4. The summed E-state index contributed by atoms with van der Waals surface area (Å²) >= 11 is 2.90. The van der Waals surface area contributed by atoms with Gasteiger partial charge in [-0.2, -0.15) is 0 Å². The Labute approximate surface area is 114 Å². The summed E-state index contributed by atoms with van der Waals surface area (Å²) in [5.74, 6) is 0. The zero-order valence-electron chi connectivity index (χ0n) is 9.58. The van der Waals surface area contributed by atoms with Crippen LogP contribution in [0.2, 0.25) is 0 Å². The second-order valence-corrected chi connectivity index (χ2v) is 5.80. The van der Waals surface area contributed by atoms with Gasteiger partial charge in [0, 0.05) is 16.8 Å². The van der Waals surface area contributed by atoms with Gasteiger partial charge in [-0.05, 0) is 30.0 Å². The Morgan fingerprint density at radius 1 is 1.28 bits per heavy atom. The van der Waals surface area contributed by atoms with Gasteiger partial charge in [-0.25, -0.2) is 0 Å². The van der Waals surface area contributed by atoms with Crippen molar-refractivity contribution in [3.8, 4) is 0 Å². The summed E-state index contributed by atoms with van der Waals surface area (Å²) in [4.78, 5) is 15.3. The van der Waals surface area contributed by atoms with Crippen LogP contribution in [0.3, 0.4) is 0 Å². The first kappa shape index (κ1) is 11.7. The van der Waals surface area contributed by atoms with E-state index in [1.54, 1.807) is 11.8 Å². The molecule has 0 bridgehead atoms. The minimum Gasteiger partial charge on any atom is -0.328 e. The second kappa shape index (κ2) is 5.08. The molecule has 18 heavy (non-hydrogen) atoms. The van der Waals surface area contributed by atoms with Crippen molar-refractivity contribution in [2.24, 2.45) is 0 Å². The average Bonchev–Trinajstić information content (AvgIpc) is 2.84. The van der Waals surface area contributed by atoms with Crippen molar-refractivity contribution in [3.63, 3.8) is 0 Å². The number of benzene rings is 1. The highest BCUT2D eigenvalue weighted by molar-refractivity contribution is 8.14. The van der Waals surface area contributed by atoms with Crippen molar-refractivity contribution in [3.05, 3.63) is 64.7 Å². The van der Waals surface area contributed by atoms with E-state index in [1.807, 2.05) is 47.9 Å². The van der Waals surface area contributed by atoms with Crippen LogP contribution in [0.1, 0.15) is 0 Å². The van der Waals surface area contributed by atoms with E-state index in [-0.39, 0.29) is 5.12 Å². The lowest BCUT2D eigenvalue weighted by Crippen LogP contribution is -2.23. The minimum absolute atomic E-state index is 0.104. The van der Waals surface area contributed by atoms with E-state index in [2.05, 4.69) is 11.0 Å². The number of thioether (sulfide) groups is 2. The fraction of sp³-hybridized carbons (Fsp3) is 0.0714. The molecule has 2 nitrogen and oxygen atoms in total. The normalized spacial score (nSPS) is 17.2. The number of carbonyl (C=O) groups is 1. The highest BCUT2D eigenvalue weighted by Gasteiger charge is 2.26. The van der Waals surface area contributed by atoms with Crippen LogP contribution in [0, 0.1) is 0 Å². The number of hydrogen-bond donors (Lipinski definition) is 0. The molecule has 0 aliphatic carbocycles. The van der Waals surface area contributed by atoms with Crippen molar-refractivity contribution in [1.82, 2.24) is 4.90 Å². The van der Waals surface area contributed by atoms with E-state index < -0.39 is 0 Å². The van der Waals surface area contributed by atoms with Crippen LogP contribution >= 0.6 is 23.5 Å². The minimum atomic E-state index is 0.104. The summed E-state index contributed by atoms with van der Waals surface area (Å²) < 4.78 is 0. The molecule has 3 rings (SSSR count). The Morgan fingerprint density at radius 3 is 2.94 bits per heavy atom. The number of rotatable bonds is 2. The summed E-state index contributed by atoms with van der Waals surface area (Å²) in [7, 11) is 0. The monoisotopic (exact) mass is 273 g/mol. The predicted octanol–water partition coefficient (Wildman–Crippen LogP) is 3.61. The standard InChI is InChI=1S/C14H11NOS2/c16-14(18-11-6-2-1-3-7-11)12-10-17-13-8-4-5-9-15(12)13/h1-8,10H,9H2. The molecular weight excluding hydrogens is 262 g/mol. The van der Waals surface area contributed by atoms with E-state index in [9.17, 15) is 4.79 Å². The number of carbonyl (C=O) groups excluding carboxylic acids is 1. The van der Waals surface area contributed by atoms with Gasteiger partial charge in [0.05, 0.1) is 5.03 Å². The average molecular weight is 273 g/mol. The van der Waals surface area contributed by atoms with Gasteiger partial charge in [0.1, 0.15) is 5.70 Å². The third kappa shape index (κ3) is 2.26. The molecule has 0 radical (unpaired) electrons. The molecule has 2 heterocycles. The Morgan fingerprint density at radius 2 is 2.11 bits per heavy atom. The first-order valence-electron chi connectivity index (χ1n) is 5.63. The van der Waals surface area contributed by atoms with Crippen LogP contribution in [-0.4, -0.2) is 16.6 Å². The molecule has 0 N–H and O–H groups in total. The van der Waals surface area contributed by atoms with Crippen molar-refractivity contribution < 1.29 is 4.79 Å². The Kier molecular flexibility index (Phi) is 3.30. The largest absolute Gasteiger partial charge is 0.328 e. The molecule has 0 atom stereocenters. The zero-order valence-corrected chi connectivity index (χ0v) is 11.2. The van der Waals surface area contributed by atoms with Gasteiger partial charge in [-0.15, -0.1) is 0 Å². The lowest BCUT2D eigenvalue weighted by molar-refractivity contribution is -0.108. The first-order chi connectivity index (χ1) is 8.84. The van der Waals surface area contributed by atoms with E-state index in [0.29, 0.717) is 0 Å². The maximum Gasteiger partial charge on any atom is 0.241 e. The number of allylic oxidation sites excluding steroid dienone is 2. The van der Waals surface area contributed by atoms with Crippen LogP contribution in [0.25, 0.3) is 0 Å². The number of fused-ring (bicyclic) bond motifs is 1. The quantitative estimate of drug-likeness (QED) is 0.767. The predicted molar refractivity (Wildman–Crippen MR) is 76.9 cm³/mol. The molecule has 0 unspecified atom stereocenters. The van der Waals surface area contributed by atoms with Gasteiger partial charge in [-0.3, -0.25) is 4.79 Å². The molecule has 0 spiro atoms. The van der Waals surface area contributed by atoms with Crippen molar-refractivity contribution >= 4 is 28.6 Å². The molecule has 4 heteroatoms. The molecule has 0 saturated heterocycles. The van der Waals surface area contributed by atoms with E-state index in [1.165, 1.54) is 11.8 Å². The summed E-state index contributed by atoms with van der Waals surface area (Å²) in [6, 6.07) is 9.76. The lowest BCUT2D eigenvalue weighted by Gasteiger charge is -2.22. The maximum atomic E-state index is 12.3. The van der Waals surface area contributed by atoms with Gasteiger partial charge >= 0.3 is 0 Å². The molecule has 90 valence electrons. The highest BCUT2D eigenvalue weighted by Crippen LogP contribution is 2.38. The van der Waals surface area contributed by atoms with E-state index >= 15 is 0 Å². The van der Waals surface area contributed by atoms with Gasteiger partial charge in [0.2, 0.25) is 5.12 Å². The van der Waals surface area contributed by atoms with Crippen LogP contribution in [-0.2, 0) is 4.79 Å². The molecule has 0 saturated carbocycles. The van der Waals surface area contributed by atoms with Crippen molar-refractivity contribution in [2.45, 2.75) is 4.90 Å². The Bertz CT molecular complexity index is 560. The van der Waals surface area contributed by atoms with Crippen molar-refractivity contribution in [2.75, 3.05) is 6.54 Å². The number of hydrogen-bond acceptors (Lipinski definition) is 4. The maximum absolute atomic E-state index is 12.3. The summed E-state index contributed by atoms with van der Waals surface area (Å²) in [6.07, 6.45) is 6.13. The molecule has 0 amide bonds. The third-order valence-corrected chi connectivity index (χ3v) is 4.52. The molecule has 2 aliphatic rings. The Hall–Kier alpha value is -1.39. The van der Waals surface area contributed by atoms with Gasteiger partial charge in [-0.1, -0.05) is 42.1 Å². The fourth-order valence-corrected chi connectivity index (χ4v) is 3.58. The van der Waals surface area contributed by atoms with E-state index in [0.717, 1.165) is 22.2 Å². The van der Waals surface area contributed by atoms with Crippen LogP contribution in [0.5, 0.6) is 0 Å². The fourth-order valence-electron chi connectivity index (χ4n) is 1.80. The molecule has 1 aromatic carbocycles. The summed E-state index contributed by atoms with van der Waals surface area (Å²) in [6.45, 7) is 0.783. The lowest BCUT2D eigenvalue weighted by atomic mass is 10.3. The molecule has 2 aliphatic heterocycles. The van der Waals surface area contributed by atoms with Gasteiger partial charge in [0.15, 0.2) is 0 Å². The SMILES string of the molecule is O=C(Sc1ccccc1)C1=CSC2=CC=CCN21. The topological polar surface area (TPSA) is 20.3 Å². The van der Waals surface area contributed by atoms with E-state index in [4.69, 9.17) is 0 Å². The third-order valence-electron chi connectivity index (χ3n) is 2.67. The smallest absolute Gasteiger partial charge is 0.241 e. The van der Waals surface area contributed by atoms with Crippen LogP contribution in [0.15, 0.2) is 69.6 Å². The first-order valence-corrected chi connectivity index (χ1v) is 7.32. The second-order valence-electron chi connectivity index (χ2n) is 3.87.